The zero-order valence-electron chi connectivity index (χ0n) is 16.1. The van der Waals surface area contributed by atoms with Gasteiger partial charge in [-0.1, -0.05) is 5.92 Å². The van der Waals surface area contributed by atoms with E-state index in [-0.39, 0.29) is 4.57 Å². The number of halogens is 2. The maximum Gasteiger partial charge on any atom is 0.490 e. The van der Waals surface area contributed by atoms with Gasteiger partial charge in [0.25, 0.3) is 0 Å². The highest BCUT2D eigenvalue weighted by atomic mass is 31.3. The summed E-state index contributed by atoms with van der Waals surface area (Å²) in [5.41, 5.74) is 0.723. The molecule has 4 unspecified atom stereocenters. The van der Waals surface area contributed by atoms with Crippen molar-refractivity contribution < 1.29 is 65.0 Å². The fourth-order valence-corrected chi connectivity index (χ4v) is 5.61. The molecule has 1 aliphatic rings. The number of nitrogens with two attached hydrogens (primary N) is 1. The summed E-state index contributed by atoms with van der Waals surface area (Å²) in [6, 6.07) is 0. The molecule has 21 heteroatoms. The minimum absolute atomic E-state index is 0.268. The van der Waals surface area contributed by atoms with Gasteiger partial charge in [0.05, 0.1) is 12.8 Å². The van der Waals surface area contributed by atoms with Crippen LogP contribution in [-0.4, -0.2) is 58.7 Å². The van der Waals surface area contributed by atoms with Crippen LogP contribution in [0.3, 0.4) is 0 Å². The van der Waals surface area contributed by atoms with Crippen molar-refractivity contribution in [1.82, 2.24) is 9.55 Å². The summed E-state index contributed by atoms with van der Waals surface area (Å²) >= 11 is 0. The van der Waals surface area contributed by atoms with E-state index in [1.54, 1.807) is 0 Å². The maximum atomic E-state index is 15.5. The van der Waals surface area contributed by atoms with E-state index in [0.717, 1.165) is 6.92 Å². The quantitative estimate of drug-likeness (QED) is 0.176. The molecule has 0 aromatic carbocycles. The molecular formula is C12H16F2N3O13P3. The monoisotopic (exact) mass is 541 g/mol. The highest BCUT2D eigenvalue weighted by Gasteiger charge is 2.58. The second-order valence-electron chi connectivity index (χ2n) is 6.17. The lowest BCUT2D eigenvalue weighted by atomic mass is 9.96. The fourth-order valence-electron chi connectivity index (χ4n) is 2.58. The summed E-state index contributed by atoms with van der Waals surface area (Å²) in [6.07, 6.45) is -5.98. The lowest BCUT2D eigenvalue weighted by Crippen LogP contribution is -2.44. The molecule has 2 rings (SSSR count). The molecule has 0 amide bonds. The Kier molecular flexibility index (Phi) is 8.04. The average molecular weight is 541 g/mol. The number of nitrogen functional groups attached to an aromatic ring is 1. The number of phosphoric acid groups is 3. The van der Waals surface area contributed by atoms with E-state index >= 15 is 4.39 Å². The van der Waals surface area contributed by atoms with E-state index in [1.807, 2.05) is 5.92 Å². The molecule has 16 nitrogen and oxygen atoms in total. The first kappa shape index (κ1) is 27.7. The molecule has 1 aromatic rings. The summed E-state index contributed by atoms with van der Waals surface area (Å²) in [7, 11) is -17.1. The van der Waals surface area contributed by atoms with Crippen LogP contribution < -0.4 is 11.4 Å². The summed E-state index contributed by atoms with van der Waals surface area (Å²) in [5.74, 6) is 1.98. The topological polar surface area (TPSA) is 250 Å². The molecule has 1 aliphatic heterocycles. The summed E-state index contributed by atoms with van der Waals surface area (Å²) in [6.45, 7) is -0.118. The SMILES string of the molecule is CC#CC1(F)C(O)[C@@H](COP(=O)(O)OP(=O)(O)OP(=O)(O)O)O[C@H]1n1cc(F)c(N)nc1=O. The molecule has 0 saturated carbocycles. The summed E-state index contributed by atoms with van der Waals surface area (Å²) < 4.78 is 79.7. The molecule has 186 valence electrons. The highest BCUT2D eigenvalue weighted by Crippen LogP contribution is 2.66. The predicted octanol–water partition coefficient (Wildman–Crippen LogP) is -0.702. The normalized spacial score (nSPS) is 29.0. The first-order chi connectivity index (χ1) is 14.9. The van der Waals surface area contributed by atoms with Crippen LogP contribution in [0.25, 0.3) is 0 Å². The zero-order valence-corrected chi connectivity index (χ0v) is 18.8. The number of hydrogen-bond acceptors (Lipinski definition) is 11. The Morgan fingerprint density at radius 1 is 1.27 bits per heavy atom. The molecular weight excluding hydrogens is 525 g/mol. The van der Waals surface area contributed by atoms with Gasteiger partial charge in [0.2, 0.25) is 5.67 Å². The van der Waals surface area contributed by atoms with Gasteiger partial charge in [-0.3, -0.25) is 9.09 Å². The van der Waals surface area contributed by atoms with Crippen molar-refractivity contribution in [2.75, 3.05) is 12.3 Å². The molecule has 1 aromatic heterocycles. The van der Waals surface area contributed by atoms with Gasteiger partial charge >= 0.3 is 29.2 Å². The van der Waals surface area contributed by atoms with E-state index in [2.05, 4.69) is 24.0 Å². The van der Waals surface area contributed by atoms with Crippen LogP contribution in [-0.2, 0) is 31.6 Å². The van der Waals surface area contributed by atoms with Crippen LogP contribution in [0.4, 0.5) is 14.6 Å². The molecule has 6 atom stereocenters. The highest BCUT2D eigenvalue weighted by molar-refractivity contribution is 7.66. The second kappa shape index (κ2) is 9.59. The Morgan fingerprint density at radius 3 is 2.42 bits per heavy atom. The number of anilines is 1. The third-order valence-electron chi connectivity index (χ3n) is 3.77. The van der Waals surface area contributed by atoms with Crippen LogP contribution in [0.15, 0.2) is 11.0 Å². The zero-order chi connectivity index (χ0) is 25.4. The third-order valence-corrected chi connectivity index (χ3v) is 7.57. The fraction of sp³-hybridized carbons (Fsp3) is 0.500. The van der Waals surface area contributed by atoms with Crippen molar-refractivity contribution in [3.8, 4) is 11.8 Å². The lowest BCUT2D eigenvalue weighted by molar-refractivity contribution is -0.0538. The van der Waals surface area contributed by atoms with Crippen LogP contribution in [0, 0.1) is 17.7 Å². The van der Waals surface area contributed by atoms with Gasteiger partial charge in [-0.15, -0.1) is 5.92 Å². The van der Waals surface area contributed by atoms with E-state index < -0.39 is 71.5 Å². The van der Waals surface area contributed by atoms with Crippen molar-refractivity contribution in [2.24, 2.45) is 0 Å². The van der Waals surface area contributed by atoms with Crippen LogP contribution in [0.1, 0.15) is 13.2 Å². The lowest BCUT2D eigenvalue weighted by Gasteiger charge is -2.24. The third kappa shape index (κ3) is 6.74. The van der Waals surface area contributed by atoms with Crippen molar-refractivity contribution in [1.29, 1.82) is 0 Å². The van der Waals surface area contributed by atoms with Gasteiger partial charge in [-0.2, -0.15) is 13.6 Å². The molecule has 7 N–H and O–H groups in total. The number of hydrogen-bond donors (Lipinski definition) is 6. The number of rotatable bonds is 8. The smallest absolute Gasteiger partial charge is 0.386 e. The van der Waals surface area contributed by atoms with Crippen molar-refractivity contribution >= 4 is 29.3 Å². The summed E-state index contributed by atoms with van der Waals surface area (Å²) in [4.78, 5) is 50.7. The largest absolute Gasteiger partial charge is 0.490 e. The molecule has 0 radical (unpaired) electrons. The standard InChI is InChI=1S/C12H16F2N3O13P3/c1-2-3-12(14)8(18)7(28-10(12)17-4-6(13)9(15)16-11(17)19)5-27-32(23,24)30-33(25,26)29-31(20,21)22/h4,7-8,10,18H,5H2,1H3,(H,23,24)(H,25,26)(H2,15,16,19)(H2,20,21,22)/t7-,8?,10-,12?/m1/s1. The van der Waals surface area contributed by atoms with E-state index in [9.17, 15) is 32.9 Å². The average Bonchev–Trinajstić information content (AvgIpc) is 2.85. The Hall–Kier alpha value is -1.57. The Balaban J connectivity index is 2.27. The minimum Gasteiger partial charge on any atom is -0.386 e. The van der Waals surface area contributed by atoms with Crippen LogP contribution in [0.2, 0.25) is 0 Å². The van der Waals surface area contributed by atoms with Gasteiger partial charge in [0.1, 0.15) is 12.2 Å². The van der Waals surface area contributed by atoms with Gasteiger partial charge in [-0.25, -0.2) is 27.3 Å². The van der Waals surface area contributed by atoms with E-state index in [1.165, 1.54) is 0 Å². The van der Waals surface area contributed by atoms with Crippen molar-refractivity contribution in [2.45, 2.75) is 31.0 Å². The molecule has 1 saturated heterocycles. The molecule has 33 heavy (non-hydrogen) atoms. The summed E-state index contributed by atoms with van der Waals surface area (Å²) in [5, 5.41) is 10.3. The second-order valence-corrected chi connectivity index (χ2v) is 10.6. The Labute approximate surface area is 182 Å². The molecule has 0 spiro atoms. The molecule has 1 fully saturated rings. The van der Waals surface area contributed by atoms with Crippen molar-refractivity contribution in [3.63, 3.8) is 0 Å². The molecule has 0 bridgehead atoms. The number of alkyl halides is 1. The maximum absolute atomic E-state index is 15.5. The first-order valence-corrected chi connectivity index (χ1v) is 12.7. The number of nitrogens with zero attached hydrogens (tertiary/aromatic N) is 2. The predicted molar refractivity (Wildman–Crippen MR) is 99.9 cm³/mol. The number of aliphatic hydroxyl groups is 1. The Morgan fingerprint density at radius 2 is 1.88 bits per heavy atom. The number of ether oxygens (including phenoxy) is 1. The number of phosphoric ester groups is 1. The van der Waals surface area contributed by atoms with Gasteiger partial charge in [0.15, 0.2) is 17.9 Å². The minimum atomic E-state index is -5.83. The van der Waals surface area contributed by atoms with Gasteiger partial charge < -0.3 is 35.2 Å². The number of aliphatic hydroxyl groups excluding tert-OH is 1. The van der Waals surface area contributed by atoms with Crippen molar-refractivity contribution in [3.05, 3.63) is 22.5 Å². The molecule has 2 heterocycles. The van der Waals surface area contributed by atoms with E-state index in [0.29, 0.717) is 6.20 Å². The Bertz CT molecular complexity index is 1180. The van der Waals surface area contributed by atoms with E-state index in [4.69, 9.17) is 25.2 Å². The van der Waals surface area contributed by atoms with Crippen LogP contribution in [0.5, 0.6) is 0 Å². The molecule has 0 aliphatic carbocycles. The van der Waals surface area contributed by atoms with Crippen LogP contribution >= 0.6 is 23.5 Å². The first-order valence-electron chi connectivity index (χ1n) is 8.19. The van der Waals surface area contributed by atoms with Gasteiger partial charge in [0, 0.05) is 0 Å². The van der Waals surface area contributed by atoms with Gasteiger partial charge in [-0.05, 0) is 6.92 Å². The number of aromatic nitrogens is 2.